The normalized spacial score (nSPS) is 16.9. The van der Waals surface area contributed by atoms with Gasteiger partial charge in [0, 0.05) is 13.1 Å². The van der Waals surface area contributed by atoms with Gasteiger partial charge in [0.05, 0.1) is 23.8 Å². The Morgan fingerprint density at radius 3 is 2.30 bits per heavy atom. The lowest BCUT2D eigenvalue weighted by Gasteiger charge is -2.26. The Morgan fingerprint density at radius 2 is 1.70 bits per heavy atom. The van der Waals surface area contributed by atoms with Crippen LogP contribution < -0.4 is 4.72 Å². The molecule has 2 aromatic rings. The second kappa shape index (κ2) is 9.01. The average molecular weight is 457 g/mol. The summed E-state index contributed by atoms with van der Waals surface area (Å²) in [5, 5.41) is 0. The summed E-state index contributed by atoms with van der Waals surface area (Å²) in [5.74, 6) is -0.637. The standard InChI is InChI=1S/C20H25FN2O5S2/c1-3-15(2)16-4-7-18(8-5-16)29(24,25)22-17-6-9-19(21)20(14-17)30(26,27)23-10-12-28-13-11-23/h4-9,14-15,22H,3,10-13H2,1-2H3. The number of hydrogen-bond acceptors (Lipinski definition) is 5. The van der Waals surface area contributed by atoms with Gasteiger partial charge >= 0.3 is 0 Å². The van der Waals surface area contributed by atoms with Crippen LogP contribution in [0, 0.1) is 5.82 Å². The lowest BCUT2D eigenvalue weighted by atomic mass is 9.99. The molecule has 0 aromatic heterocycles. The van der Waals surface area contributed by atoms with Crippen molar-refractivity contribution in [1.29, 1.82) is 0 Å². The highest BCUT2D eigenvalue weighted by Gasteiger charge is 2.29. The molecule has 10 heteroatoms. The predicted molar refractivity (Wildman–Crippen MR) is 112 cm³/mol. The molecule has 1 fully saturated rings. The molecule has 0 radical (unpaired) electrons. The van der Waals surface area contributed by atoms with Crippen LogP contribution >= 0.6 is 0 Å². The second-order valence-electron chi connectivity index (χ2n) is 7.15. The molecule has 1 aliphatic heterocycles. The molecule has 1 heterocycles. The Bertz CT molecular complexity index is 1100. The quantitative estimate of drug-likeness (QED) is 0.691. The van der Waals surface area contributed by atoms with E-state index in [0.29, 0.717) is 5.92 Å². The minimum Gasteiger partial charge on any atom is -0.379 e. The van der Waals surface area contributed by atoms with Gasteiger partial charge in [-0.25, -0.2) is 21.2 Å². The van der Waals surface area contributed by atoms with Gasteiger partial charge in [-0.15, -0.1) is 0 Å². The molecule has 30 heavy (non-hydrogen) atoms. The first-order chi connectivity index (χ1) is 14.1. The first-order valence-corrected chi connectivity index (χ1v) is 12.6. The molecular formula is C20H25FN2O5S2. The first kappa shape index (κ1) is 22.7. The smallest absolute Gasteiger partial charge is 0.261 e. The number of sulfonamides is 2. The Labute approximate surface area is 177 Å². The first-order valence-electron chi connectivity index (χ1n) is 9.65. The van der Waals surface area contributed by atoms with E-state index in [9.17, 15) is 21.2 Å². The number of morpholine rings is 1. The molecule has 0 aliphatic carbocycles. The summed E-state index contributed by atoms with van der Waals surface area (Å²) in [6, 6.07) is 9.64. The molecule has 7 nitrogen and oxygen atoms in total. The second-order valence-corrected chi connectivity index (χ2v) is 10.7. The monoisotopic (exact) mass is 456 g/mol. The van der Waals surface area contributed by atoms with Crippen molar-refractivity contribution in [3.63, 3.8) is 0 Å². The summed E-state index contributed by atoms with van der Waals surface area (Å²) >= 11 is 0. The molecule has 0 bridgehead atoms. The molecule has 1 saturated heterocycles. The highest BCUT2D eigenvalue weighted by atomic mass is 32.2. The Hall–Kier alpha value is -2.01. The maximum Gasteiger partial charge on any atom is 0.261 e. The highest BCUT2D eigenvalue weighted by Crippen LogP contribution is 2.26. The summed E-state index contributed by atoms with van der Waals surface area (Å²) in [5.41, 5.74) is 0.992. The Balaban J connectivity index is 1.87. The molecule has 0 spiro atoms. The highest BCUT2D eigenvalue weighted by molar-refractivity contribution is 7.92. The Kier molecular flexibility index (Phi) is 6.81. The van der Waals surface area contributed by atoms with E-state index in [2.05, 4.69) is 11.6 Å². The lowest BCUT2D eigenvalue weighted by Crippen LogP contribution is -2.40. The van der Waals surface area contributed by atoms with Crippen LogP contribution in [0.5, 0.6) is 0 Å². The van der Waals surface area contributed by atoms with E-state index < -0.39 is 30.8 Å². The molecule has 164 valence electrons. The number of nitrogens with one attached hydrogen (secondary N) is 1. The van der Waals surface area contributed by atoms with Gasteiger partial charge in [0.2, 0.25) is 10.0 Å². The van der Waals surface area contributed by atoms with Crippen molar-refractivity contribution >= 4 is 25.7 Å². The zero-order chi connectivity index (χ0) is 21.9. The van der Waals surface area contributed by atoms with Gasteiger partial charge in [-0.05, 0) is 48.2 Å². The Morgan fingerprint density at radius 1 is 1.07 bits per heavy atom. The van der Waals surface area contributed by atoms with Gasteiger partial charge in [-0.3, -0.25) is 4.72 Å². The van der Waals surface area contributed by atoms with Crippen LogP contribution in [0.1, 0.15) is 31.7 Å². The van der Waals surface area contributed by atoms with Crippen LogP contribution in [0.3, 0.4) is 0 Å². The van der Waals surface area contributed by atoms with Crippen molar-refractivity contribution in [2.75, 3.05) is 31.0 Å². The van der Waals surface area contributed by atoms with Crippen molar-refractivity contribution in [2.24, 2.45) is 0 Å². The van der Waals surface area contributed by atoms with Gasteiger partial charge in [-0.2, -0.15) is 4.31 Å². The van der Waals surface area contributed by atoms with Crippen molar-refractivity contribution < 1.29 is 26.0 Å². The summed E-state index contributed by atoms with van der Waals surface area (Å²) in [6.45, 7) is 4.77. The molecule has 1 aliphatic rings. The van der Waals surface area contributed by atoms with E-state index in [1.54, 1.807) is 12.1 Å². The van der Waals surface area contributed by atoms with Gasteiger partial charge < -0.3 is 4.74 Å². The third-order valence-electron chi connectivity index (χ3n) is 5.14. The van der Waals surface area contributed by atoms with Crippen molar-refractivity contribution in [3.05, 3.63) is 53.8 Å². The molecule has 2 aromatic carbocycles. The molecule has 0 amide bonds. The fourth-order valence-corrected chi connectivity index (χ4v) is 5.66. The fourth-order valence-electron chi connectivity index (χ4n) is 3.12. The van der Waals surface area contributed by atoms with Crippen LogP contribution in [0.2, 0.25) is 0 Å². The van der Waals surface area contributed by atoms with E-state index in [-0.39, 0.29) is 36.9 Å². The number of hydrogen-bond donors (Lipinski definition) is 1. The van der Waals surface area contributed by atoms with Crippen molar-refractivity contribution in [3.8, 4) is 0 Å². The zero-order valence-electron chi connectivity index (χ0n) is 16.8. The minimum absolute atomic E-state index is 0.0331. The number of benzene rings is 2. The number of ether oxygens (including phenoxy) is 1. The third-order valence-corrected chi connectivity index (χ3v) is 8.45. The van der Waals surface area contributed by atoms with E-state index in [1.165, 1.54) is 18.2 Å². The molecule has 3 rings (SSSR count). The number of anilines is 1. The van der Waals surface area contributed by atoms with Crippen LogP contribution in [-0.2, 0) is 24.8 Å². The summed E-state index contributed by atoms with van der Waals surface area (Å²) in [6.07, 6.45) is 0.931. The van der Waals surface area contributed by atoms with Crippen LogP contribution in [-0.4, -0.2) is 47.4 Å². The minimum atomic E-state index is -4.11. The largest absolute Gasteiger partial charge is 0.379 e. The maximum absolute atomic E-state index is 14.3. The van der Waals surface area contributed by atoms with Crippen LogP contribution in [0.25, 0.3) is 0 Å². The lowest BCUT2D eigenvalue weighted by molar-refractivity contribution is 0.0729. The molecule has 0 saturated carbocycles. The topological polar surface area (TPSA) is 92.8 Å². The van der Waals surface area contributed by atoms with Crippen LogP contribution in [0.4, 0.5) is 10.1 Å². The molecular weight excluding hydrogens is 431 g/mol. The molecule has 1 atom stereocenters. The number of nitrogens with zero attached hydrogens (tertiary/aromatic N) is 1. The third kappa shape index (κ3) is 4.83. The van der Waals surface area contributed by atoms with Crippen molar-refractivity contribution in [1.82, 2.24) is 4.31 Å². The van der Waals surface area contributed by atoms with Gasteiger partial charge in [0.15, 0.2) is 0 Å². The van der Waals surface area contributed by atoms with Crippen LogP contribution in [0.15, 0.2) is 52.3 Å². The number of rotatable bonds is 7. The SMILES string of the molecule is CCC(C)c1ccc(S(=O)(=O)Nc2ccc(F)c(S(=O)(=O)N3CCOCC3)c2)cc1. The summed E-state index contributed by atoms with van der Waals surface area (Å²) in [7, 11) is -8.07. The summed E-state index contributed by atoms with van der Waals surface area (Å²) < 4.78 is 73.9. The van der Waals surface area contributed by atoms with Gasteiger partial charge in [-0.1, -0.05) is 26.0 Å². The number of halogens is 1. The summed E-state index contributed by atoms with van der Waals surface area (Å²) in [4.78, 5) is -0.534. The average Bonchev–Trinajstić information content (AvgIpc) is 2.75. The van der Waals surface area contributed by atoms with Crippen molar-refractivity contribution in [2.45, 2.75) is 36.0 Å². The fraction of sp³-hybridized carbons (Fsp3) is 0.400. The zero-order valence-corrected chi connectivity index (χ0v) is 18.5. The van der Waals surface area contributed by atoms with E-state index >= 15 is 0 Å². The van der Waals surface area contributed by atoms with E-state index in [1.807, 2.05) is 6.92 Å². The van der Waals surface area contributed by atoms with E-state index in [0.717, 1.165) is 28.4 Å². The van der Waals surface area contributed by atoms with Gasteiger partial charge in [0.1, 0.15) is 10.7 Å². The molecule has 1 unspecified atom stereocenters. The van der Waals surface area contributed by atoms with E-state index in [4.69, 9.17) is 4.74 Å². The maximum atomic E-state index is 14.3. The predicted octanol–water partition coefficient (Wildman–Crippen LogP) is 3.16. The van der Waals surface area contributed by atoms with Gasteiger partial charge in [0.25, 0.3) is 10.0 Å². The molecule has 1 N–H and O–H groups in total.